The molecule has 156 valence electrons. The molecule has 2 heterocycles. The number of cyclic esters (lactones) is 1. The Morgan fingerprint density at radius 2 is 1.33 bits per heavy atom. The van der Waals surface area contributed by atoms with Crippen molar-refractivity contribution in [2.45, 2.75) is 121 Å². The number of hydrogen-bond donors (Lipinski definition) is 2. The van der Waals surface area contributed by atoms with Crippen LogP contribution in [-0.2, 0) is 14.3 Å². The van der Waals surface area contributed by atoms with Gasteiger partial charge in [0.15, 0.2) is 0 Å². The molecule has 0 aromatic carbocycles. The average molecular weight is 383 g/mol. The maximum atomic E-state index is 11.8. The minimum atomic E-state index is -0.691. The molecule has 0 unspecified atom stereocenters. The summed E-state index contributed by atoms with van der Waals surface area (Å²) < 4.78 is 10.8. The van der Waals surface area contributed by atoms with Gasteiger partial charge < -0.3 is 19.7 Å². The summed E-state index contributed by atoms with van der Waals surface area (Å²) in [6.07, 6.45) is 15.2. The molecule has 5 nitrogen and oxygen atoms in total. The van der Waals surface area contributed by atoms with E-state index >= 15 is 0 Å². The van der Waals surface area contributed by atoms with E-state index in [1.165, 1.54) is 51.0 Å². The van der Waals surface area contributed by atoms with Crippen LogP contribution in [0.2, 0.25) is 0 Å². The largest absolute Gasteiger partial charge is 0.460 e. The number of hydrogen-bond acceptors (Lipinski definition) is 5. The summed E-state index contributed by atoms with van der Waals surface area (Å²) in [5.41, 5.74) is 0. The third kappa shape index (κ3) is 9.22. The normalized spacial score (nSPS) is 36.0. The average Bonchev–Trinajstić information content (AvgIpc) is 3.42. The SMILES string of the molecule is C[C@@H]1CCCCCCCCCCCC[C@H](O)[C@H]2O[C@@H]2[C@@H](O)CC=CC(=O)O1. The minimum Gasteiger partial charge on any atom is -0.460 e. The molecular weight excluding hydrogens is 344 g/mol. The van der Waals surface area contributed by atoms with E-state index < -0.39 is 12.2 Å². The van der Waals surface area contributed by atoms with Crippen molar-refractivity contribution in [1.82, 2.24) is 0 Å². The molecule has 5 heteroatoms. The highest BCUT2D eigenvalue weighted by Crippen LogP contribution is 2.32. The number of esters is 1. The van der Waals surface area contributed by atoms with Crippen molar-refractivity contribution in [3.8, 4) is 0 Å². The summed E-state index contributed by atoms with van der Waals surface area (Å²) in [5.74, 6) is -0.356. The van der Waals surface area contributed by atoms with E-state index in [2.05, 4.69) is 0 Å². The van der Waals surface area contributed by atoms with Crippen LogP contribution in [0.25, 0.3) is 0 Å². The van der Waals surface area contributed by atoms with Crippen LogP contribution in [-0.4, -0.2) is 46.7 Å². The van der Waals surface area contributed by atoms with Crippen molar-refractivity contribution in [2.75, 3.05) is 0 Å². The van der Waals surface area contributed by atoms with E-state index in [4.69, 9.17) is 9.47 Å². The summed E-state index contributed by atoms with van der Waals surface area (Å²) in [7, 11) is 0. The summed E-state index contributed by atoms with van der Waals surface area (Å²) in [6, 6.07) is 0. The van der Waals surface area contributed by atoms with Crippen molar-refractivity contribution >= 4 is 5.97 Å². The van der Waals surface area contributed by atoms with Gasteiger partial charge in [-0.3, -0.25) is 0 Å². The minimum absolute atomic E-state index is 0.0729. The Bertz CT molecular complexity index is 450. The summed E-state index contributed by atoms with van der Waals surface area (Å²) >= 11 is 0. The first-order valence-electron chi connectivity index (χ1n) is 11.0. The van der Waals surface area contributed by atoms with Gasteiger partial charge in [0.05, 0.1) is 18.3 Å². The van der Waals surface area contributed by atoms with Crippen LogP contribution >= 0.6 is 0 Å². The van der Waals surface area contributed by atoms with Crippen molar-refractivity contribution in [1.29, 1.82) is 0 Å². The molecule has 0 bridgehead atoms. The lowest BCUT2D eigenvalue weighted by Gasteiger charge is -2.12. The second-order valence-electron chi connectivity index (χ2n) is 8.20. The first-order valence-corrected chi connectivity index (χ1v) is 11.0. The molecule has 2 aliphatic heterocycles. The maximum absolute atomic E-state index is 11.8. The fourth-order valence-electron chi connectivity index (χ4n) is 3.85. The van der Waals surface area contributed by atoms with E-state index in [-0.39, 0.29) is 24.3 Å². The number of epoxide rings is 1. The number of carbonyl (C=O) groups is 1. The predicted octanol–water partition coefficient (Wildman–Crippen LogP) is 4.05. The van der Waals surface area contributed by atoms with Crippen molar-refractivity contribution in [3.63, 3.8) is 0 Å². The lowest BCUT2D eigenvalue weighted by Crippen LogP contribution is -2.23. The van der Waals surface area contributed by atoms with E-state index in [9.17, 15) is 15.0 Å². The molecule has 2 aliphatic rings. The van der Waals surface area contributed by atoms with Crippen LogP contribution in [0.1, 0.15) is 90.4 Å². The van der Waals surface area contributed by atoms with E-state index in [0.717, 1.165) is 32.1 Å². The summed E-state index contributed by atoms with van der Waals surface area (Å²) in [4.78, 5) is 11.8. The monoisotopic (exact) mass is 382 g/mol. The number of fused-ring (bicyclic) bond motifs is 1. The molecule has 2 rings (SSSR count). The zero-order valence-electron chi connectivity index (χ0n) is 16.9. The highest BCUT2D eigenvalue weighted by Gasteiger charge is 2.47. The van der Waals surface area contributed by atoms with Crippen molar-refractivity contribution in [2.24, 2.45) is 0 Å². The fraction of sp³-hybridized carbons (Fsp3) is 0.864. The second kappa shape index (κ2) is 12.5. The Morgan fingerprint density at radius 3 is 1.96 bits per heavy atom. The van der Waals surface area contributed by atoms with Crippen LogP contribution in [0.15, 0.2) is 12.2 Å². The van der Waals surface area contributed by atoms with Gasteiger partial charge >= 0.3 is 5.97 Å². The molecular formula is C22H38O5. The van der Waals surface area contributed by atoms with Crippen LogP contribution in [0, 0.1) is 0 Å². The molecule has 5 atom stereocenters. The number of ether oxygens (including phenoxy) is 2. The summed E-state index contributed by atoms with van der Waals surface area (Å²) in [6.45, 7) is 1.93. The Morgan fingerprint density at radius 1 is 0.815 bits per heavy atom. The Kier molecular flexibility index (Phi) is 10.4. The van der Waals surface area contributed by atoms with Gasteiger partial charge in [-0.1, -0.05) is 63.9 Å². The Balaban J connectivity index is 1.77. The van der Waals surface area contributed by atoms with E-state index in [1.54, 1.807) is 6.08 Å². The molecule has 0 saturated carbocycles. The lowest BCUT2D eigenvalue weighted by molar-refractivity contribution is -0.142. The summed E-state index contributed by atoms with van der Waals surface area (Å²) in [5, 5.41) is 20.4. The number of aliphatic hydroxyl groups excluding tert-OH is 2. The van der Waals surface area contributed by atoms with Gasteiger partial charge in [-0.2, -0.15) is 0 Å². The zero-order chi connectivity index (χ0) is 19.5. The van der Waals surface area contributed by atoms with Gasteiger partial charge in [0.25, 0.3) is 0 Å². The number of aliphatic hydroxyl groups is 2. The molecule has 0 aromatic heterocycles. The first-order chi connectivity index (χ1) is 13.1. The van der Waals surface area contributed by atoms with Crippen LogP contribution in [0.3, 0.4) is 0 Å². The van der Waals surface area contributed by atoms with Gasteiger partial charge in [-0.05, 0) is 32.6 Å². The van der Waals surface area contributed by atoms with Gasteiger partial charge in [-0.15, -0.1) is 0 Å². The second-order valence-corrected chi connectivity index (χ2v) is 8.20. The van der Waals surface area contributed by atoms with Crippen LogP contribution < -0.4 is 0 Å². The van der Waals surface area contributed by atoms with Gasteiger partial charge in [0, 0.05) is 6.08 Å². The molecule has 0 spiro atoms. The van der Waals surface area contributed by atoms with Gasteiger partial charge in [0.1, 0.15) is 12.2 Å². The predicted molar refractivity (Wildman–Crippen MR) is 105 cm³/mol. The lowest BCUT2D eigenvalue weighted by atomic mass is 10.0. The molecule has 0 amide bonds. The molecule has 1 saturated heterocycles. The molecule has 27 heavy (non-hydrogen) atoms. The Labute approximate surface area is 164 Å². The Hall–Kier alpha value is -0.910. The maximum Gasteiger partial charge on any atom is 0.330 e. The third-order valence-corrected chi connectivity index (χ3v) is 5.63. The number of carbonyl (C=O) groups excluding carboxylic acids is 1. The van der Waals surface area contributed by atoms with Crippen LogP contribution in [0.4, 0.5) is 0 Å². The van der Waals surface area contributed by atoms with Gasteiger partial charge in [0.2, 0.25) is 0 Å². The number of rotatable bonds is 0. The smallest absolute Gasteiger partial charge is 0.330 e. The third-order valence-electron chi connectivity index (χ3n) is 5.63. The van der Waals surface area contributed by atoms with Crippen molar-refractivity contribution in [3.05, 3.63) is 12.2 Å². The van der Waals surface area contributed by atoms with Crippen molar-refractivity contribution < 1.29 is 24.5 Å². The molecule has 0 radical (unpaired) electrons. The zero-order valence-corrected chi connectivity index (χ0v) is 16.9. The quantitative estimate of drug-likeness (QED) is 0.488. The first kappa shape index (κ1) is 22.4. The highest BCUT2D eigenvalue weighted by molar-refractivity contribution is 5.82. The molecule has 0 aromatic rings. The highest BCUT2D eigenvalue weighted by atomic mass is 16.6. The molecule has 2 N–H and O–H groups in total. The molecule has 0 aliphatic carbocycles. The van der Waals surface area contributed by atoms with Gasteiger partial charge in [-0.25, -0.2) is 4.79 Å². The standard InChI is InChI=1S/C22H38O5/c1-17-13-10-8-6-4-2-3-5-7-9-11-14-18(23)21-22(27-21)19(24)15-12-16-20(25)26-17/h12,16-19,21-24H,2-11,13-15H2,1H3/t17-,18+,19+,21-,22-/m1/s1. The van der Waals surface area contributed by atoms with Crippen LogP contribution in [0.5, 0.6) is 0 Å². The van der Waals surface area contributed by atoms with E-state index in [0.29, 0.717) is 6.42 Å². The fourth-order valence-corrected chi connectivity index (χ4v) is 3.85. The van der Waals surface area contributed by atoms with E-state index in [1.807, 2.05) is 6.92 Å². The topological polar surface area (TPSA) is 79.3 Å². The molecule has 1 fully saturated rings.